The lowest BCUT2D eigenvalue weighted by molar-refractivity contribution is 0.239. The minimum Gasteiger partial charge on any atom is -0.504 e. The Morgan fingerprint density at radius 2 is 2.33 bits per heavy atom. The average molecular weight is 77.1 g/mol. The SMILES string of the molecule is CCC(C)[O][2AlH2]. The van der Waals surface area contributed by atoms with E-state index in [1.54, 1.807) is 0 Å². The molecule has 0 saturated carbocycles. The van der Waals surface area contributed by atoms with E-state index in [2.05, 4.69) is 13.8 Å². The van der Waals surface area contributed by atoms with E-state index in [1.807, 2.05) is 0 Å². The third kappa shape index (κ3) is 2.72. The first kappa shape index (κ1) is 6.49. The number of hydrogen-bond donors (Lipinski definition) is 0. The second-order valence-corrected chi connectivity index (χ2v) is 1.93. The molecule has 0 rings (SSSR count). The van der Waals surface area contributed by atoms with Crippen molar-refractivity contribution >= 4 is 16.6 Å². The quantitative estimate of drug-likeness (QED) is 0.432. The maximum absolute atomic E-state index is 5.04. The zero-order chi connectivity index (χ0) is 4.99. The molecule has 2 heteroatoms. The molecule has 0 aromatic carbocycles. The van der Waals surface area contributed by atoms with Crippen LogP contribution < -0.4 is 0 Å². The van der Waals surface area contributed by atoms with Crippen molar-refractivity contribution in [2.24, 2.45) is 0 Å². The molecule has 0 fully saturated rings. The van der Waals surface area contributed by atoms with Gasteiger partial charge in [-0.3, -0.25) is 0 Å². The topological polar surface area (TPSA) is 9.23 Å². The summed E-state index contributed by atoms with van der Waals surface area (Å²) < 4.78 is 5.04. The Morgan fingerprint density at radius 3 is 2.33 bits per heavy atom. The summed E-state index contributed by atoms with van der Waals surface area (Å²) in [5.41, 5.74) is 0. The van der Waals surface area contributed by atoms with Crippen LogP contribution in [0.5, 0.6) is 0 Å². The summed E-state index contributed by atoms with van der Waals surface area (Å²) in [6.45, 7) is 4.22. The van der Waals surface area contributed by atoms with Gasteiger partial charge in [0.1, 0.15) is 0 Å². The van der Waals surface area contributed by atoms with Crippen LogP contribution in [0.1, 0.15) is 20.3 Å². The summed E-state index contributed by atoms with van der Waals surface area (Å²) in [4.78, 5) is 0. The van der Waals surface area contributed by atoms with Crippen molar-refractivity contribution in [3.63, 3.8) is 0 Å². The van der Waals surface area contributed by atoms with E-state index in [0.717, 1.165) is 23.0 Å². The van der Waals surface area contributed by atoms with Crippen molar-refractivity contribution in [1.82, 2.24) is 0 Å². The fraction of sp³-hybridized carbons (Fsp3) is 1.00. The van der Waals surface area contributed by atoms with Crippen LogP contribution in [0.25, 0.3) is 0 Å². The second-order valence-electron chi connectivity index (χ2n) is 1.45. The highest BCUT2D eigenvalue weighted by Gasteiger charge is 1.87. The molecule has 0 amide bonds. The Balaban J connectivity index is 2.75. The van der Waals surface area contributed by atoms with E-state index < -0.39 is 0 Å². The highest BCUT2D eigenvalue weighted by atomic mass is 16.3. The van der Waals surface area contributed by atoms with Crippen LogP contribution in [0.4, 0.5) is 0 Å². The Kier molecular flexibility index (Phi) is 3.98. The molecular formula is C4H11AlO. The molecule has 0 spiro atoms. The van der Waals surface area contributed by atoms with Crippen LogP contribution in [0.15, 0.2) is 0 Å². The summed E-state index contributed by atoms with van der Waals surface area (Å²) in [5.74, 6) is 0. The van der Waals surface area contributed by atoms with Crippen molar-refractivity contribution in [1.29, 1.82) is 0 Å². The van der Waals surface area contributed by atoms with E-state index in [0.29, 0.717) is 6.10 Å². The Hall–Kier alpha value is 0.492. The average Bonchev–Trinajstić information content (AvgIpc) is 1.65. The van der Waals surface area contributed by atoms with Crippen LogP contribution >= 0.6 is 0 Å². The van der Waals surface area contributed by atoms with Crippen LogP contribution in [0, 0.1) is 0 Å². The minimum atomic E-state index is 0.497. The fourth-order valence-electron chi connectivity index (χ4n) is 0.167. The van der Waals surface area contributed by atoms with E-state index in [4.69, 9.17) is 3.79 Å². The lowest BCUT2D eigenvalue weighted by atomic mass is 1.93. The minimum absolute atomic E-state index is 0.497. The highest BCUT2D eigenvalue weighted by molar-refractivity contribution is 5.98. The van der Waals surface area contributed by atoms with Crippen molar-refractivity contribution < 1.29 is 3.79 Å². The van der Waals surface area contributed by atoms with Gasteiger partial charge in [0.15, 0.2) is 0 Å². The van der Waals surface area contributed by atoms with Gasteiger partial charge in [0, 0.05) is 6.10 Å². The summed E-state index contributed by atoms with van der Waals surface area (Å²) in [6, 6.07) is 0. The third-order valence-corrected chi connectivity index (χ3v) is 1.78. The van der Waals surface area contributed by atoms with E-state index in [1.165, 1.54) is 0 Å². The van der Waals surface area contributed by atoms with Gasteiger partial charge >= 0.3 is 16.6 Å². The standard InChI is InChI=1S/C4H9O.Al.2H/c1-3-4(2)5;;;/h4H,3H2,1-2H3;;;/q-1;+1;;/i;1-25;;. The van der Waals surface area contributed by atoms with Crippen LogP contribution in [0.2, 0.25) is 0 Å². The summed E-state index contributed by atoms with van der Waals surface area (Å²) in [7, 11) is 0. The molecule has 0 radical (unpaired) electrons. The van der Waals surface area contributed by atoms with Gasteiger partial charge in [0.25, 0.3) is 0 Å². The largest absolute Gasteiger partial charge is 0.504 e. The molecule has 1 unspecified atom stereocenters. The smallest absolute Gasteiger partial charge is 0.410 e. The molecular weight excluding hydrogens is 66.0 g/mol. The lowest BCUT2D eigenvalue weighted by Gasteiger charge is -2.04. The first-order valence-electron chi connectivity index (χ1n) is 2.34. The molecule has 1 atom stereocenters. The summed E-state index contributed by atoms with van der Waals surface area (Å²) in [5, 5.41) is 0. The first-order valence-corrected chi connectivity index (χ1v) is 3.15. The lowest BCUT2D eigenvalue weighted by Crippen LogP contribution is -2.01. The van der Waals surface area contributed by atoms with Crippen molar-refractivity contribution in [2.75, 3.05) is 0 Å². The monoisotopic (exact) mass is 77.1 g/mol. The normalized spacial score (nSPS) is 14.3. The van der Waals surface area contributed by atoms with Crippen LogP contribution in [-0.2, 0) is 3.79 Å². The zero-order valence-corrected chi connectivity index (χ0v) is 6.69. The molecule has 0 bridgehead atoms. The molecule has 0 saturated heterocycles. The van der Waals surface area contributed by atoms with Gasteiger partial charge in [-0.1, -0.05) is 6.92 Å². The molecule has 0 N–H and O–H groups in total. The molecule has 36 valence electrons. The van der Waals surface area contributed by atoms with Crippen LogP contribution in [0.3, 0.4) is 0 Å². The number of hydrogen-bond acceptors (Lipinski definition) is 1. The maximum atomic E-state index is 5.04. The van der Waals surface area contributed by atoms with E-state index in [-0.39, 0.29) is 0 Å². The van der Waals surface area contributed by atoms with Gasteiger partial charge in [-0.05, 0) is 13.3 Å². The van der Waals surface area contributed by atoms with Gasteiger partial charge in [0.05, 0.1) is 0 Å². The zero-order valence-electron chi connectivity index (χ0n) is 4.69. The van der Waals surface area contributed by atoms with Gasteiger partial charge in [-0.25, -0.2) is 0 Å². The molecule has 1 nitrogen and oxygen atoms in total. The summed E-state index contributed by atoms with van der Waals surface area (Å²) in [6.07, 6.45) is 1.64. The molecule has 0 aromatic heterocycles. The second kappa shape index (κ2) is 3.67. The molecule has 0 aliphatic heterocycles. The first-order chi connectivity index (χ1) is 2.81. The Labute approximate surface area is 47.4 Å². The Morgan fingerprint density at radius 1 is 1.83 bits per heavy atom. The maximum Gasteiger partial charge on any atom is 0.410 e. The summed E-state index contributed by atoms with van der Waals surface area (Å²) >= 11 is 0.882. The van der Waals surface area contributed by atoms with E-state index in [9.17, 15) is 0 Å². The molecule has 6 heavy (non-hydrogen) atoms. The van der Waals surface area contributed by atoms with Gasteiger partial charge in [-0.2, -0.15) is 0 Å². The van der Waals surface area contributed by atoms with Crippen molar-refractivity contribution in [3.05, 3.63) is 0 Å². The highest BCUT2D eigenvalue weighted by Crippen LogP contribution is 1.89. The fourth-order valence-corrected chi connectivity index (χ4v) is 0.500. The molecule has 0 aromatic rings. The third-order valence-electron chi connectivity index (χ3n) is 0.977. The van der Waals surface area contributed by atoms with E-state index >= 15 is 0 Å². The van der Waals surface area contributed by atoms with Gasteiger partial charge < -0.3 is 3.79 Å². The van der Waals surface area contributed by atoms with Crippen molar-refractivity contribution in [3.8, 4) is 0 Å². The molecule has 0 aliphatic carbocycles. The predicted molar refractivity (Wildman–Crippen MR) is 29.4 cm³/mol. The predicted octanol–water partition coefficient (Wildman–Crippen LogP) is 0.350. The van der Waals surface area contributed by atoms with Crippen molar-refractivity contribution in [2.45, 2.75) is 26.4 Å². The molecule has 0 heterocycles. The molecule has 0 aliphatic rings. The van der Waals surface area contributed by atoms with Gasteiger partial charge in [0.2, 0.25) is 0 Å². The van der Waals surface area contributed by atoms with Gasteiger partial charge in [-0.15, -0.1) is 0 Å². The number of rotatable bonds is 2. The Bertz CT molecular complexity index is 26.7. The van der Waals surface area contributed by atoms with Crippen LogP contribution in [-0.4, -0.2) is 22.7 Å².